The number of phenolic OH excluding ortho intramolecular Hbond substituents is 1. The molecule has 0 amide bonds. The second-order valence-electron chi connectivity index (χ2n) is 4.19. The van der Waals surface area contributed by atoms with Crippen molar-refractivity contribution in [3.8, 4) is 5.75 Å². The molecule has 106 valence electrons. The first kappa shape index (κ1) is 15.2. The van der Waals surface area contributed by atoms with Gasteiger partial charge in [0.1, 0.15) is 10.6 Å². The molecule has 0 saturated heterocycles. The van der Waals surface area contributed by atoms with Crippen LogP contribution in [0.3, 0.4) is 0 Å². The lowest BCUT2D eigenvalue weighted by Crippen LogP contribution is -2.13. The first-order valence-corrected chi connectivity index (χ1v) is 8.22. The van der Waals surface area contributed by atoms with Crippen LogP contribution in [0.4, 0.5) is 5.69 Å². The third-order valence-corrected chi connectivity index (χ3v) is 5.35. The predicted octanol–water partition coefficient (Wildman–Crippen LogP) is 3.92. The Hall–Kier alpha value is -1.24. The fourth-order valence-electron chi connectivity index (χ4n) is 1.61. The number of sulfonamides is 1. The van der Waals surface area contributed by atoms with Crippen LogP contribution in [0.15, 0.2) is 45.8 Å². The highest BCUT2D eigenvalue weighted by atomic mass is 79.9. The number of hydrogen-bond donors (Lipinski definition) is 2. The third kappa shape index (κ3) is 3.26. The Morgan fingerprint density at radius 2 is 1.95 bits per heavy atom. The molecule has 0 aromatic heterocycles. The van der Waals surface area contributed by atoms with Crippen molar-refractivity contribution in [1.82, 2.24) is 0 Å². The zero-order chi connectivity index (χ0) is 14.9. The first-order chi connectivity index (χ1) is 9.29. The monoisotopic (exact) mass is 375 g/mol. The van der Waals surface area contributed by atoms with Crippen LogP contribution in [-0.2, 0) is 10.0 Å². The fraction of sp³-hybridized carbons (Fsp3) is 0.0769. The number of aryl methyl sites for hydroxylation is 1. The van der Waals surface area contributed by atoms with Crippen LogP contribution in [0.2, 0.25) is 5.02 Å². The van der Waals surface area contributed by atoms with E-state index in [1.165, 1.54) is 18.2 Å². The number of aromatic hydroxyl groups is 1. The molecule has 20 heavy (non-hydrogen) atoms. The molecular weight excluding hydrogens is 366 g/mol. The second-order valence-corrected chi connectivity index (χ2v) is 7.10. The molecule has 0 aliphatic heterocycles. The summed E-state index contributed by atoms with van der Waals surface area (Å²) in [6, 6.07) is 8.88. The molecule has 0 atom stereocenters. The summed E-state index contributed by atoms with van der Waals surface area (Å²) < 4.78 is 27.4. The topological polar surface area (TPSA) is 66.4 Å². The molecule has 0 spiro atoms. The van der Waals surface area contributed by atoms with E-state index < -0.39 is 10.0 Å². The summed E-state index contributed by atoms with van der Waals surface area (Å²) in [6.45, 7) is 1.78. The SMILES string of the molecule is Cc1cc(Br)c(S(=O)(=O)Nc2cccc(O)c2)cc1Cl. The highest BCUT2D eigenvalue weighted by Crippen LogP contribution is 2.30. The molecule has 0 saturated carbocycles. The Morgan fingerprint density at radius 1 is 1.25 bits per heavy atom. The van der Waals surface area contributed by atoms with Crippen molar-refractivity contribution in [2.45, 2.75) is 11.8 Å². The van der Waals surface area contributed by atoms with E-state index >= 15 is 0 Å². The molecule has 4 nitrogen and oxygen atoms in total. The van der Waals surface area contributed by atoms with E-state index in [4.69, 9.17) is 11.6 Å². The first-order valence-electron chi connectivity index (χ1n) is 5.57. The van der Waals surface area contributed by atoms with Gasteiger partial charge >= 0.3 is 0 Å². The predicted molar refractivity (Wildman–Crippen MR) is 82.8 cm³/mol. The molecule has 7 heteroatoms. The van der Waals surface area contributed by atoms with Gasteiger partial charge in [-0.3, -0.25) is 4.72 Å². The Morgan fingerprint density at radius 3 is 2.60 bits per heavy atom. The summed E-state index contributed by atoms with van der Waals surface area (Å²) in [6.07, 6.45) is 0. The number of halogens is 2. The molecule has 2 aromatic carbocycles. The van der Waals surface area contributed by atoms with Crippen LogP contribution < -0.4 is 4.72 Å². The van der Waals surface area contributed by atoms with Gasteiger partial charge in [-0.1, -0.05) is 17.7 Å². The minimum atomic E-state index is -3.79. The zero-order valence-electron chi connectivity index (χ0n) is 10.4. The van der Waals surface area contributed by atoms with E-state index in [2.05, 4.69) is 20.7 Å². The maximum absolute atomic E-state index is 12.3. The fourth-order valence-corrected chi connectivity index (χ4v) is 4.07. The summed E-state index contributed by atoms with van der Waals surface area (Å²) in [5, 5.41) is 9.72. The molecule has 2 N–H and O–H groups in total. The number of benzene rings is 2. The average Bonchev–Trinajstić information content (AvgIpc) is 2.33. The van der Waals surface area contributed by atoms with E-state index in [9.17, 15) is 13.5 Å². The molecule has 0 radical (unpaired) electrons. The minimum absolute atomic E-state index is 0.0220. The van der Waals surface area contributed by atoms with E-state index in [1.807, 2.05) is 0 Å². The lowest BCUT2D eigenvalue weighted by molar-refractivity contribution is 0.475. The van der Waals surface area contributed by atoms with Crippen molar-refractivity contribution in [2.24, 2.45) is 0 Å². The summed E-state index contributed by atoms with van der Waals surface area (Å²) >= 11 is 9.18. The largest absolute Gasteiger partial charge is 0.508 e. The van der Waals surface area contributed by atoms with Gasteiger partial charge in [-0.2, -0.15) is 0 Å². The molecule has 0 aliphatic carbocycles. The number of phenols is 1. The third-order valence-electron chi connectivity index (χ3n) is 2.60. The van der Waals surface area contributed by atoms with Gasteiger partial charge < -0.3 is 5.11 Å². The van der Waals surface area contributed by atoms with Gasteiger partial charge in [0, 0.05) is 15.6 Å². The molecule has 0 fully saturated rings. The maximum Gasteiger partial charge on any atom is 0.263 e. The molecule has 0 heterocycles. The van der Waals surface area contributed by atoms with Crippen LogP contribution in [0.5, 0.6) is 5.75 Å². The smallest absolute Gasteiger partial charge is 0.263 e. The van der Waals surface area contributed by atoms with Crippen LogP contribution in [0.25, 0.3) is 0 Å². The molecule has 0 aliphatic rings. The molecule has 2 aromatic rings. The Balaban J connectivity index is 2.43. The van der Waals surface area contributed by atoms with Crippen LogP contribution in [0.1, 0.15) is 5.56 Å². The van der Waals surface area contributed by atoms with Gasteiger partial charge in [0.05, 0.1) is 5.69 Å². The summed E-state index contributed by atoms with van der Waals surface area (Å²) in [4.78, 5) is 0.0384. The Kier molecular flexibility index (Phi) is 4.27. The van der Waals surface area contributed by atoms with Gasteiger partial charge in [0.25, 0.3) is 10.0 Å². The van der Waals surface area contributed by atoms with E-state index in [0.29, 0.717) is 9.50 Å². The van der Waals surface area contributed by atoms with E-state index in [1.54, 1.807) is 25.1 Å². The molecule has 0 unspecified atom stereocenters. The van der Waals surface area contributed by atoms with Crippen molar-refractivity contribution >= 4 is 43.2 Å². The minimum Gasteiger partial charge on any atom is -0.508 e. The molecular formula is C13H11BrClNO3S. The van der Waals surface area contributed by atoms with E-state index in [0.717, 1.165) is 5.56 Å². The maximum atomic E-state index is 12.3. The Labute approximate surface area is 130 Å². The average molecular weight is 377 g/mol. The van der Waals surface area contributed by atoms with Gasteiger partial charge in [-0.15, -0.1) is 0 Å². The number of hydrogen-bond acceptors (Lipinski definition) is 3. The summed E-state index contributed by atoms with van der Waals surface area (Å²) in [7, 11) is -3.79. The van der Waals surface area contributed by atoms with Crippen molar-refractivity contribution in [2.75, 3.05) is 4.72 Å². The lowest BCUT2D eigenvalue weighted by Gasteiger charge is -2.11. The molecule has 0 bridgehead atoms. The number of rotatable bonds is 3. The number of nitrogens with one attached hydrogen (secondary N) is 1. The normalized spacial score (nSPS) is 11.3. The van der Waals surface area contributed by atoms with Crippen molar-refractivity contribution in [1.29, 1.82) is 0 Å². The molecule has 2 rings (SSSR count). The van der Waals surface area contributed by atoms with Gasteiger partial charge in [-0.05, 0) is 52.7 Å². The van der Waals surface area contributed by atoms with Crippen molar-refractivity contribution in [3.05, 3.63) is 51.5 Å². The highest BCUT2D eigenvalue weighted by Gasteiger charge is 2.19. The van der Waals surface area contributed by atoms with Crippen LogP contribution in [-0.4, -0.2) is 13.5 Å². The van der Waals surface area contributed by atoms with Crippen LogP contribution in [0, 0.1) is 6.92 Å². The van der Waals surface area contributed by atoms with E-state index in [-0.39, 0.29) is 16.3 Å². The van der Waals surface area contributed by atoms with Crippen molar-refractivity contribution in [3.63, 3.8) is 0 Å². The highest BCUT2D eigenvalue weighted by molar-refractivity contribution is 9.10. The van der Waals surface area contributed by atoms with Gasteiger partial charge in [-0.25, -0.2) is 8.42 Å². The number of anilines is 1. The summed E-state index contributed by atoms with van der Waals surface area (Å²) in [5.74, 6) is -0.0220. The summed E-state index contributed by atoms with van der Waals surface area (Å²) in [5.41, 5.74) is 1.04. The van der Waals surface area contributed by atoms with Gasteiger partial charge in [0.2, 0.25) is 0 Å². The van der Waals surface area contributed by atoms with Crippen LogP contribution >= 0.6 is 27.5 Å². The Bertz CT molecular complexity index is 762. The van der Waals surface area contributed by atoms with Crippen molar-refractivity contribution < 1.29 is 13.5 Å². The standard InChI is InChI=1S/C13H11BrClNO3S/c1-8-5-11(14)13(7-12(8)15)20(18,19)16-9-3-2-4-10(17)6-9/h2-7,16-17H,1H3. The quantitative estimate of drug-likeness (QED) is 0.853. The zero-order valence-corrected chi connectivity index (χ0v) is 13.6. The van der Waals surface area contributed by atoms with Gasteiger partial charge in [0.15, 0.2) is 0 Å². The second kappa shape index (κ2) is 5.63. The lowest BCUT2D eigenvalue weighted by atomic mass is 10.2.